The zero-order chi connectivity index (χ0) is 25.3. The van der Waals surface area contributed by atoms with Gasteiger partial charge >= 0.3 is 0 Å². The molecule has 0 aromatic heterocycles. The van der Waals surface area contributed by atoms with E-state index in [1.165, 1.54) is 5.56 Å². The predicted molar refractivity (Wildman–Crippen MR) is 145 cm³/mol. The van der Waals surface area contributed by atoms with Gasteiger partial charge in [-0.25, -0.2) is 0 Å². The molecule has 0 saturated carbocycles. The Morgan fingerprint density at radius 3 is 2.39 bits per heavy atom. The van der Waals surface area contributed by atoms with Crippen LogP contribution >= 0.6 is 0 Å². The zero-order valence-corrected chi connectivity index (χ0v) is 21.7. The monoisotopic (exact) mass is 492 g/mol. The third kappa shape index (κ3) is 7.08. The van der Waals surface area contributed by atoms with Gasteiger partial charge in [0, 0.05) is 49.7 Å². The van der Waals surface area contributed by atoms with E-state index in [0.717, 1.165) is 77.3 Å². The first-order valence-electron chi connectivity index (χ1n) is 13.4. The lowest BCUT2D eigenvalue weighted by Crippen LogP contribution is -2.38. The SMILES string of the molecule is CCc1ccc(C(=O)Nc2ccc(N3CCC(C)CC3)c(C(=O)NCCCN3CCOCC3)c2)cc1. The highest BCUT2D eigenvalue weighted by molar-refractivity contribution is 6.06. The van der Waals surface area contributed by atoms with E-state index in [1.807, 2.05) is 42.5 Å². The number of aryl methyl sites for hydroxylation is 1. The molecular weight excluding hydrogens is 452 g/mol. The molecule has 2 aromatic carbocycles. The van der Waals surface area contributed by atoms with Crippen molar-refractivity contribution in [3.63, 3.8) is 0 Å². The van der Waals surface area contributed by atoms with Crippen LogP contribution in [0, 0.1) is 5.92 Å². The van der Waals surface area contributed by atoms with Crippen LogP contribution < -0.4 is 15.5 Å². The van der Waals surface area contributed by atoms with E-state index in [0.29, 0.717) is 29.3 Å². The van der Waals surface area contributed by atoms with Crippen molar-refractivity contribution in [2.75, 3.05) is 62.7 Å². The highest BCUT2D eigenvalue weighted by atomic mass is 16.5. The number of ether oxygens (including phenoxy) is 1. The summed E-state index contributed by atoms with van der Waals surface area (Å²) in [6.45, 7) is 11.3. The fraction of sp³-hybridized carbons (Fsp3) is 0.517. The van der Waals surface area contributed by atoms with Gasteiger partial charge in [0.1, 0.15) is 0 Å². The fourth-order valence-electron chi connectivity index (χ4n) is 4.84. The largest absolute Gasteiger partial charge is 0.379 e. The molecule has 0 radical (unpaired) electrons. The van der Waals surface area contributed by atoms with Crippen molar-refractivity contribution in [1.29, 1.82) is 0 Å². The molecule has 2 heterocycles. The first-order valence-corrected chi connectivity index (χ1v) is 13.4. The third-order valence-corrected chi connectivity index (χ3v) is 7.29. The smallest absolute Gasteiger partial charge is 0.255 e. The van der Waals surface area contributed by atoms with Gasteiger partial charge < -0.3 is 20.3 Å². The average Bonchev–Trinajstić information content (AvgIpc) is 2.92. The second-order valence-electron chi connectivity index (χ2n) is 9.97. The molecule has 4 rings (SSSR count). The second-order valence-corrected chi connectivity index (χ2v) is 9.97. The maximum absolute atomic E-state index is 13.3. The minimum atomic E-state index is -0.172. The molecular formula is C29H40N4O3. The summed E-state index contributed by atoms with van der Waals surface area (Å²) < 4.78 is 5.41. The summed E-state index contributed by atoms with van der Waals surface area (Å²) in [7, 11) is 0. The normalized spacial score (nSPS) is 17.1. The van der Waals surface area contributed by atoms with Crippen molar-refractivity contribution in [3.8, 4) is 0 Å². The van der Waals surface area contributed by atoms with Gasteiger partial charge in [-0.2, -0.15) is 0 Å². The molecule has 0 aliphatic carbocycles. The van der Waals surface area contributed by atoms with E-state index in [-0.39, 0.29) is 11.8 Å². The standard InChI is InChI=1S/C29H40N4O3/c1-3-23-5-7-24(8-6-23)28(34)31-25-9-10-27(33-15-11-22(2)12-16-33)26(21-25)29(35)30-13-4-14-32-17-19-36-20-18-32/h5-10,21-22H,3-4,11-20H2,1-2H3,(H,30,35)(H,31,34). The highest BCUT2D eigenvalue weighted by Crippen LogP contribution is 2.29. The van der Waals surface area contributed by atoms with Gasteiger partial charge in [-0.05, 0) is 74.0 Å². The molecule has 7 nitrogen and oxygen atoms in total. The van der Waals surface area contributed by atoms with Crippen LogP contribution in [0.3, 0.4) is 0 Å². The molecule has 2 N–H and O–H groups in total. The number of nitrogens with zero attached hydrogens (tertiary/aromatic N) is 2. The zero-order valence-electron chi connectivity index (χ0n) is 21.7. The van der Waals surface area contributed by atoms with Gasteiger partial charge in [-0.3, -0.25) is 14.5 Å². The van der Waals surface area contributed by atoms with Crippen LogP contribution in [-0.2, 0) is 11.2 Å². The summed E-state index contributed by atoms with van der Waals surface area (Å²) in [6.07, 6.45) is 4.07. The van der Waals surface area contributed by atoms with Crippen LogP contribution in [0.5, 0.6) is 0 Å². The Balaban J connectivity index is 1.44. The summed E-state index contributed by atoms with van der Waals surface area (Å²) in [4.78, 5) is 30.8. The van der Waals surface area contributed by atoms with Crippen LogP contribution in [0.1, 0.15) is 59.4 Å². The van der Waals surface area contributed by atoms with E-state index in [1.54, 1.807) is 0 Å². The lowest BCUT2D eigenvalue weighted by molar-refractivity contribution is 0.0374. The minimum absolute atomic E-state index is 0.0889. The number of hydrogen-bond donors (Lipinski definition) is 2. The van der Waals surface area contributed by atoms with Crippen molar-refractivity contribution < 1.29 is 14.3 Å². The van der Waals surface area contributed by atoms with Crippen LogP contribution in [0.4, 0.5) is 11.4 Å². The Kier molecular flexibility index (Phi) is 9.36. The molecule has 194 valence electrons. The van der Waals surface area contributed by atoms with E-state index in [4.69, 9.17) is 4.74 Å². The van der Waals surface area contributed by atoms with Crippen LogP contribution in [0.25, 0.3) is 0 Å². The predicted octanol–water partition coefficient (Wildman–Crippen LogP) is 4.19. The highest BCUT2D eigenvalue weighted by Gasteiger charge is 2.22. The maximum atomic E-state index is 13.3. The third-order valence-electron chi connectivity index (χ3n) is 7.29. The molecule has 0 atom stereocenters. The van der Waals surface area contributed by atoms with E-state index in [2.05, 4.69) is 34.3 Å². The quantitative estimate of drug-likeness (QED) is 0.514. The number of piperidine rings is 1. The maximum Gasteiger partial charge on any atom is 0.255 e. The van der Waals surface area contributed by atoms with Crippen molar-refractivity contribution in [2.24, 2.45) is 5.92 Å². The van der Waals surface area contributed by atoms with Gasteiger partial charge in [0.15, 0.2) is 0 Å². The van der Waals surface area contributed by atoms with Crippen LogP contribution in [0.15, 0.2) is 42.5 Å². The second kappa shape index (κ2) is 12.9. The van der Waals surface area contributed by atoms with Crippen molar-refractivity contribution in [1.82, 2.24) is 10.2 Å². The number of hydrogen-bond acceptors (Lipinski definition) is 5. The number of rotatable bonds is 9. The van der Waals surface area contributed by atoms with E-state index < -0.39 is 0 Å². The Morgan fingerprint density at radius 1 is 0.972 bits per heavy atom. The summed E-state index contributed by atoms with van der Waals surface area (Å²) in [5.41, 5.74) is 4.00. The summed E-state index contributed by atoms with van der Waals surface area (Å²) >= 11 is 0. The van der Waals surface area contributed by atoms with Crippen molar-refractivity contribution in [3.05, 3.63) is 59.2 Å². The van der Waals surface area contributed by atoms with Gasteiger partial charge in [-0.1, -0.05) is 26.0 Å². The first-order chi connectivity index (χ1) is 17.5. The molecule has 2 saturated heterocycles. The van der Waals surface area contributed by atoms with Crippen LogP contribution in [-0.4, -0.2) is 69.2 Å². The van der Waals surface area contributed by atoms with Crippen molar-refractivity contribution >= 4 is 23.2 Å². The lowest BCUT2D eigenvalue weighted by atomic mass is 9.97. The Labute approximate surface area is 215 Å². The summed E-state index contributed by atoms with van der Waals surface area (Å²) in [5.74, 6) is 0.444. The molecule has 7 heteroatoms. The topological polar surface area (TPSA) is 73.9 Å². The number of carbonyl (C=O) groups is 2. The van der Waals surface area contributed by atoms with E-state index >= 15 is 0 Å². The average molecular weight is 493 g/mol. The van der Waals surface area contributed by atoms with Gasteiger partial charge in [0.2, 0.25) is 0 Å². The van der Waals surface area contributed by atoms with Gasteiger partial charge in [0.05, 0.1) is 18.8 Å². The van der Waals surface area contributed by atoms with Crippen LogP contribution in [0.2, 0.25) is 0 Å². The molecule has 2 aliphatic rings. The Morgan fingerprint density at radius 2 is 1.69 bits per heavy atom. The molecule has 2 amide bonds. The lowest BCUT2D eigenvalue weighted by Gasteiger charge is -2.33. The number of nitrogens with one attached hydrogen (secondary N) is 2. The van der Waals surface area contributed by atoms with E-state index in [9.17, 15) is 9.59 Å². The van der Waals surface area contributed by atoms with Gasteiger partial charge in [0.25, 0.3) is 11.8 Å². The molecule has 0 bridgehead atoms. The molecule has 0 unspecified atom stereocenters. The fourth-order valence-corrected chi connectivity index (χ4v) is 4.84. The molecule has 0 spiro atoms. The minimum Gasteiger partial charge on any atom is -0.379 e. The number of morpholine rings is 1. The first kappa shape index (κ1) is 26.2. The number of carbonyl (C=O) groups excluding carboxylic acids is 2. The van der Waals surface area contributed by atoms with Gasteiger partial charge in [-0.15, -0.1) is 0 Å². The summed E-state index contributed by atoms with van der Waals surface area (Å²) in [5, 5.41) is 6.10. The Bertz CT molecular complexity index is 1010. The van der Waals surface area contributed by atoms with Crippen molar-refractivity contribution in [2.45, 2.75) is 39.5 Å². The number of anilines is 2. The number of benzene rings is 2. The number of amides is 2. The molecule has 2 aliphatic heterocycles. The molecule has 2 fully saturated rings. The molecule has 2 aromatic rings. The Hall–Kier alpha value is -2.90. The molecule has 36 heavy (non-hydrogen) atoms. The summed E-state index contributed by atoms with van der Waals surface area (Å²) in [6, 6.07) is 13.4.